The van der Waals surface area contributed by atoms with Gasteiger partial charge in [-0.1, -0.05) is 49.4 Å². The van der Waals surface area contributed by atoms with Gasteiger partial charge in [0.25, 0.3) is 0 Å². The molecule has 0 saturated carbocycles. The number of hydrogen-bond acceptors (Lipinski definition) is 2. The van der Waals surface area contributed by atoms with E-state index < -0.39 is 0 Å². The number of aromatic nitrogens is 2. The summed E-state index contributed by atoms with van der Waals surface area (Å²) >= 11 is 1.84. The van der Waals surface area contributed by atoms with Gasteiger partial charge in [0.15, 0.2) is 0 Å². The summed E-state index contributed by atoms with van der Waals surface area (Å²) < 4.78 is 0. The fourth-order valence-electron chi connectivity index (χ4n) is 3.53. The number of allylic oxidation sites excluding steroid dienone is 5. The minimum atomic E-state index is 0.724. The highest BCUT2D eigenvalue weighted by molar-refractivity contribution is 7.11. The highest BCUT2D eigenvalue weighted by atomic mass is 32.1. The summed E-state index contributed by atoms with van der Waals surface area (Å²) in [4.78, 5) is 9.27. The summed E-state index contributed by atoms with van der Waals surface area (Å²) in [5.41, 5.74) is 7.58. The predicted molar refractivity (Wildman–Crippen MR) is 172 cm³/mol. The van der Waals surface area contributed by atoms with Crippen LogP contribution < -0.4 is 5.32 Å². The van der Waals surface area contributed by atoms with E-state index in [1.807, 2.05) is 58.2 Å². The summed E-state index contributed by atoms with van der Waals surface area (Å²) in [6.07, 6.45) is 11.8. The summed E-state index contributed by atoms with van der Waals surface area (Å²) in [6.45, 7) is 18.8. The molecule has 0 aliphatic heterocycles. The molecule has 0 fully saturated rings. The molecule has 0 bridgehead atoms. The summed E-state index contributed by atoms with van der Waals surface area (Å²) in [7, 11) is 1.95. The standard InChI is InChI=1S/C10H11N.C8H13N.C6H9N.C6H8S.C4H8/c1-7-8(2)11-10-6-4-3-5-9(7)10;1-7-3-5-8(9-2)6-4-7;2*1-5-3-4-6(2)7-5;1-3-4-2/h3-6,11H,1-2H3;3,5-7,9H,4H2,1-2H3;3-4,7H,1-2H3;3-4H,1-2H3;3-4H,1-2H3/b;;;;4-3+. The van der Waals surface area contributed by atoms with E-state index in [9.17, 15) is 0 Å². The molecule has 1 unspecified atom stereocenters. The van der Waals surface area contributed by atoms with Crippen LogP contribution in [0, 0.1) is 47.5 Å². The zero-order chi connectivity index (χ0) is 28.5. The maximum Gasteiger partial charge on any atom is 0.0458 e. The average Bonchev–Trinajstić information content (AvgIpc) is 3.58. The number of rotatable bonds is 1. The Labute approximate surface area is 235 Å². The van der Waals surface area contributed by atoms with Gasteiger partial charge in [0.2, 0.25) is 0 Å². The van der Waals surface area contributed by atoms with Crippen molar-refractivity contribution < 1.29 is 0 Å². The van der Waals surface area contributed by atoms with Gasteiger partial charge in [0.1, 0.15) is 0 Å². The number of hydrogen-bond donors (Lipinski definition) is 3. The van der Waals surface area contributed by atoms with Crippen molar-refractivity contribution in [2.75, 3.05) is 7.05 Å². The Kier molecular flexibility index (Phi) is 15.6. The lowest BCUT2D eigenvalue weighted by molar-refractivity contribution is 0.722. The first-order chi connectivity index (χ1) is 18.1. The lowest BCUT2D eigenvalue weighted by Gasteiger charge is -2.10. The lowest BCUT2D eigenvalue weighted by Crippen LogP contribution is -2.06. The molecule has 4 aromatic rings. The predicted octanol–water partition coefficient (Wildman–Crippen LogP) is 10.0. The lowest BCUT2D eigenvalue weighted by atomic mass is 10.0. The number of aromatic amines is 2. The van der Waals surface area contributed by atoms with Gasteiger partial charge in [-0.05, 0) is 110 Å². The molecule has 3 heterocycles. The van der Waals surface area contributed by atoms with Gasteiger partial charge in [-0.3, -0.25) is 0 Å². The monoisotopic (exact) mass is 531 g/mol. The molecule has 206 valence electrons. The molecule has 38 heavy (non-hydrogen) atoms. The molecule has 3 N–H and O–H groups in total. The van der Waals surface area contributed by atoms with E-state index in [2.05, 4.69) is 117 Å². The van der Waals surface area contributed by atoms with Crippen LogP contribution in [-0.2, 0) is 0 Å². The van der Waals surface area contributed by atoms with Crippen molar-refractivity contribution >= 4 is 22.2 Å². The second-order valence-corrected chi connectivity index (χ2v) is 11.0. The van der Waals surface area contributed by atoms with Gasteiger partial charge >= 0.3 is 0 Å². The van der Waals surface area contributed by atoms with Gasteiger partial charge in [0.05, 0.1) is 0 Å². The Balaban J connectivity index is 0.000000246. The maximum absolute atomic E-state index is 3.33. The normalized spacial score (nSPS) is 13.6. The van der Waals surface area contributed by atoms with E-state index in [0.29, 0.717) is 0 Å². The molecule has 3 aromatic heterocycles. The van der Waals surface area contributed by atoms with Gasteiger partial charge in [-0.25, -0.2) is 0 Å². The highest BCUT2D eigenvalue weighted by Crippen LogP contribution is 2.19. The Morgan fingerprint density at radius 2 is 1.39 bits per heavy atom. The molecule has 1 atom stereocenters. The SMILES string of the molecule is C/C=C/C.CNC1=CCC(C)C=C1.Cc1[nH]c2ccccc2c1C.Cc1ccc(C)[nH]1.Cc1ccc(C)s1. The van der Waals surface area contributed by atoms with E-state index in [1.165, 1.54) is 55.4 Å². The second kappa shape index (κ2) is 18.1. The highest BCUT2D eigenvalue weighted by Gasteiger charge is 2.01. The third-order valence-corrected chi connectivity index (χ3v) is 6.92. The average molecular weight is 532 g/mol. The number of aryl methyl sites for hydroxylation is 6. The van der Waals surface area contributed by atoms with Crippen LogP contribution in [0.4, 0.5) is 0 Å². The van der Waals surface area contributed by atoms with Crippen molar-refractivity contribution in [1.82, 2.24) is 15.3 Å². The van der Waals surface area contributed by atoms with Crippen LogP contribution in [0.25, 0.3) is 10.9 Å². The fraction of sp³-hybridized carbons (Fsp3) is 0.353. The quantitative estimate of drug-likeness (QED) is 0.210. The molecule has 1 aliphatic rings. The third kappa shape index (κ3) is 12.8. The molecule has 1 aromatic carbocycles. The summed E-state index contributed by atoms with van der Waals surface area (Å²) in [5, 5.41) is 4.44. The van der Waals surface area contributed by atoms with E-state index in [-0.39, 0.29) is 0 Å². The Morgan fingerprint density at radius 3 is 1.76 bits per heavy atom. The van der Waals surface area contributed by atoms with Gasteiger partial charge < -0.3 is 15.3 Å². The minimum absolute atomic E-state index is 0.724. The molecular formula is C34H49N3S. The first-order valence-electron chi connectivity index (χ1n) is 13.4. The molecule has 0 radical (unpaired) electrons. The summed E-state index contributed by atoms with van der Waals surface area (Å²) in [6, 6.07) is 16.8. The van der Waals surface area contributed by atoms with E-state index in [1.54, 1.807) is 0 Å². The van der Waals surface area contributed by atoms with E-state index in [0.717, 1.165) is 5.92 Å². The minimum Gasteiger partial charge on any atom is -0.388 e. The van der Waals surface area contributed by atoms with Crippen molar-refractivity contribution in [3.05, 3.63) is 117 Å². The van der Waals surface area contributed by atoms with Gasteiger partial charge in [-0.15, -0.1) is 11.3 Å². The van der Waals surface area contributed by atoms with Crippen molar-refractivity contribution in [2.24, 2.45) is 5.92 Å². The topological polar surface area (TPSA) is 43.6 Å². The van der Waals surface area contributed by atoms with Crippen LogP contribution in [-0.4, -0.2) is 17.0 Å². The zero-order valence-electron chi connectivity index (χ0n) is 25.2. The fourth-order valence-corrected chi connectivity index (χ4v) is 4.31. The first kappa shape index (κ1) is 32.8. The smallest absolute Gasteiger partial charge is 0.0458 e. The zero-order valence-corrected chi connectivity index (χ0v) is 26.0. The van der Waals surface area contributed by atoms with Gasteiger partial charge in [0, 0.05) is 50.5 Å². The maximum atomic E-state index is 3.33. The molecule has 1 aliphatic carbocycles. The van der Waals surface area contributed by atoms with Crippen LogP contribution in [0.5, 0.6) is 0 Å². The Morgan fingerprint density at radius 1 is 0.816 bits per heavy atom. The van der Waals surface area contributed by atoms with Crippen LogP contribution in [0.3, 0.4) is 0 Å². The Bertz CT molecular complexity index is 1200. The molecular weight excluding hydrogens is 482 g/mol. The number of para-hydroxylation sites is 1. The molecule has 3 nitrogen and oxygen atoms in total. The number of fused-ring (bicyclic) bond motifs is 1. The molecule has 5 rings (SSSR count). The third-order valence-electron chi connectivity index (χ3n) is 6.00. The van der Waals surface area contributed by atoms with Crippen molar-refractivity contribution in [3.8, 4) is 0 Å². The van der Waals surface area contributed by atoms with Crippen LogP contribution in [0.2, 0.25) is 0 Å². The van der Waals surface area contributed by atoms with Crippen LogP contribution >= 0.6 is 11.3 Å². The van der Waals surface area contributed by atoms with E-state index in [4.69, 9.17) is 0 Å². The van der Waals surface area contributed by atoms with Crippen molar-refractivity contribution in [3.63, 3.8) is 0 Å². The largest absolute Gasteiger partial charge is 0.388 e. The number of nitrogens with one attached hydrogen (secondary N) is 3. The van der Waals surface area contributed by atoms with Crippen LogP contribution in [0.15, 0.2) is 84.6 Å². The van der Waals surface area contributed by atoms with Crippen molar-refractivity contribution in [2.45, 2.75) is 68.7 Å². The number of likely N-dealkylation sites (N-methyl/N-ethyl adjacent to an activating group) is 1. The molecule has 0 amide bonds. The number of thiophene rings is 1. The number of H-pyrrole nitrogens is 2. The van der Waals surface area contributed by atoms with Gasteiger partial charge in [-0.2, -0.15) is 0 Å². The van der Waals surface area contributed by atoms with E-state index >= 15 is 0 Å². The number of benzene rings is 1. The first-order valence-corrected chi connectivity index (χ1v) is 14.2. The molecule has 0 spiro atoms. The van der Waals surface area contributed by atoms with Crippen LogP contribution in [0.1, 0.15) is 59.6 Å². The molecule has 4 heteroatoms. The summed E-state index contributed by atoms with van der Waals surface area (Å²) in [5.74, 6) is 0.724. The van der Waals surface area contributed by atoms with Crippen molar-refractivity contribution in [1.29, 1.82) is 0 Å². The molecule has 0 saturated heterocycles. The second-order valence-electron chi connectivity index (χ2n) is 9.55. The Hall–Kier alpha value is -3.24.